The van der Waals surface area contributed by atoms with Crippen molar-refractivity contribution >= 4 is 5.91 Å². The Labute approximate surface area is 94.0 Å². The third kappa shape index (κ3) is 1.76. The fraction of sp³-hybridized carbons (Fsp3) is 0.417. The lowest BCUT2D eigenvalue weighted by Gasteiger charge is -2.16. The van der Waals surface area contributed by atoms with E-state index >= 15 is 0 Å². The fourth-order valence-electron chi connectivity index (χ4n) is 2.28. The number of fused-ring (bicyclic) bond motifs is 1. The first-order chi connectivity index (χ1) is 7.63. The monoisotopic (exact) mass is 221 g/mol. The Morgan fingerprint density at radius 3 is 3.00 bits per heavy atom. The Kier molecular flexibility index (Phi) is 2.83. The van der Waals surface area contributed by atoms with E-state index < -0.39 is 12.0 Å². The highest BCUT2D eigenvalue weighted by Crippen LogP contribution is 2.37. The smallest absolute Gasteiger partial charge is 0.246 e. The third-order valence-corrected chi connectivity index (χ3v) is 3.15. The number of aliphatic hydroxyl groups is 1. The van der Waals surface area contributed by atoms with Gasteiger partial charge in [0.2, 0.25) is 5.91 Å². The van der Waals surface area contributed by atoms with Crippen LogP contribution >= 0.6 is 0 Å². The van der Waals surface area contributed by atoms with E-state index in [9.17, 15) is 9.90 Å². The van der Waals surface area contributed by atoms with Crippen molar-refractivity contribution in [3.63, 3.8) is 0 Å². The van der Waals surface area contributed by atoms with Crippen LogP contribution in [0, 0.1) is 0 Å². The molecule has 0 radical (unpaired) electrons. The van der Waals surface area contributed by atoms with Crippen LogP contribution in [0.2, 0.25) is 0 Å². The minimum atomic E-state index is -1.09. The molecular weight excluding hydrogens is 206 g/mol. The van der Waals surface area contributed by atoms with Crippen LogP contribution < -0.4 is 10.5 Å². The number of carbonyl (C=O) groups is 1. The number of benzene rings is 1. The summed E-state index contributed by atoms with van der Waals surface area (Å²) in [6.07, 6.45) is 0.517. The molecule has 0 heterocycles. The molecule has 1 aromatic rings. The number of ether oxygens (including phenoxy) is 1. The molecule has 2 rings (SSSR count). The molecular formula is C12H15NO3. The van der Waals surface area contributed by atoms with Crippen molar-refractivity contribution in [1.29, 1.82) is 0 Å². The van der Waals surface area contributed by atoms with Gasteiger partial charge in [-0.15, -0.1) is 0 Å². The SMILES string of the molecule is COc1ccc2c(c1)CC[C@H]2C(O)C(N)=O. The van der Waals surface area contributed by atoms with Crippen molar-refractivity contribution in [3.8, 4) is 5.75 Å². The van der Waals surface area contributed by atoms with E-state index in [1.54, 1.807) is 7.11 Å². The van der Waals surface area contributed by atoms with Crippen LogP contribution in [-0.2, 0) is 11.2 Å². The van der Waals surface area contributed by atoms with E-state index in [1.165, 1.54) is 0 Å². The molecule has 16 heavy (non-hydrogen) atoms. The van der Waals surface area contributed by atoms with E-state index in [0.29, 0.717) is 0 Å². The number of carbonyl (C=O) groups excluding carboxylic acids is 1. The molecule has 0 bridgehead atoms. The number of primary amides is 1. The molecule has 0 saturated carbocycles. The van der Waals surface area contributed by atoms with Crippen molar-refractivity contribution in [1.82, 2.24) is 0 Å². The van der Waals surface area contributed by atoms with Crippen molar-refractivity contribution in [3.05, 3.63) is 29.3 Å². The standard InChI is InChI=1S/C12H15NO3/c1-16-8-3-5-9-7(6-8)2-4-10(9)11(14)12(13)15/h3,5-6,10-11,14H,2,4H2,1H3,(H2,13,15)/t10-,11?/m1/s1. The van der Waals surface area contributed by atoms with E-state index in [2.05, 4.69) is 0 Å². The van der Waals surface area contributed by atoms with Gasteiger partial charge in [-0.3, -0.25) is 4.79 Å². The summed E-state index contributed by atoms with van der Waals surface area (Å²) in [4.78, 5) is 11.0. The predicted molar refractivity (Wildman–Crippen MR) is 59.3 cm³/mol. The van der Waals surface area contributed by atoms with Gasteiger partial charge in [0.15, 0.2) is 0 Å². The number of rotatable bonds is 3. The van der Waals surface area contributed by atoms with Gasteiger partial charge in [-0.25, -0.2) is 0 Å². The maximum Gasteiger partial charge on any atom is 0.246 e. The van der Waals surface area contributed by atoms with Gasteiger partial charge in [0.05, 0.1) is 7.11 Å². The molecule has 0 aromatic heterocycles. The lowest BCUT2D eigenvalue weighted by Crippen LogP contribution is -2.33. The number of nitrogens with two attached hydrogens (primary N) is 1. The van der Waals surface area contributed by atoms with Crippen LogP contribution in [0.1, 0.15) is 23.5 Å². The Hall–Kier alpha value is -1.55. The molecule has 0 saturated heterocycles. The average molecular weight is 221 g/mol. The summed E-state index contributed by atoms with van der Waals surface area (Å²) in [5, 5.41) is 9.69. The maximum absolute atomic E-state index is 11.0. The van der Waals surface area contributed by atoms with Gasteiger partial charge in [-0.05, 0) is 36.1 Å². The van der Waals surface area contributed by atoms with E-state index in [4.69, 9.17) is 10.5 Å². The molecule has 1 amide bonds. The van der Waals surface area contributed by atoms with Gasteiger partial charge in [0.1, 0.15) is 11.9 Å². The number of hydrogen-bond donors (Lipinski definition) is 2. The zero-order valence-electron chi connectivity index (χ0n) is 9.14. The molecule has 3 N–H and O–H groups in total. The molecule has 0 spiro atoms. The van der Waals surface area contributed by atoms with Crippen LogP contribution in [0.3, 0.4) is 0 Å². The van der Waals surface area contributed by atoms with Crippen molar-refractivity contribution in [2.45, 2.75) is 24.9 Å². The first-order valence-electron chi connectivity index (χ1n) is 5.27. The summed E-state index contributed by atoms with van der Waals surface area (Å²) >= 11 is 0. The van der Waals surface area contributed by atoms with Crippen LogP contribution in [0.4, 0.5) is 0 Å². The highest BCUT2D eigenvalue weighted by molar-refractivity contribution is 5.80. The van der Waals surface area contributed by atoms with Gasteiger partial charge < -0.3 is 15.6 Å². The van der Waals surface area contributed by atoms with Crippen molar-refractivity contribution in [2.75, 3.05) is 7.11 Å². The number of aliphatic hydroxyl groups excluding tert-OH is 1. The Balaban J connectivity index is 2.30. The maximum atomic E-state index is 11.0. The topological polar surface area (TPSA) is 72.6 Å². The lowest BCUT2D eigenvalue weighted by molar-refractivity contribution is -0.127. The summed E-state index contributed by atoms with van der Waals surface area (Å²) in [7, 11) is 1.62. The second-order valence-electron chi connectivity index (χ2n) is 4.06. The fourth-order valence-corrected chi connectivity index (χ4v) is 2.28. The first kappa shape index (κ1) is 11.0. The van der Waals surface area contributed by atoms with Crippen LogP contribution in [-0.4, -0.2) is 24.2 Å². The Bertz CT molecular complexity index is 417. The van der Waals surface area contributed by atoms with Gasteiger partial charge in [0, 0.05) is 5.92 Å². The second kappa shape index (κ2) is 4.14. The lowest BCUT2D eigenvalue weighted by atomic mass is 9.95. The number of amides is 1. The molecule has 2 atom stereocenters. The molecule has 1 aliphatic rings. The molecule has 1 unspecified atom stereocenters. The van der Waals surface area contributed by atoms with Crippen LogP contribution in [0.5, 0.6) is 5.75 Å². The highest BCUT2D eigenvalue weighted by Gasteiger charge is 2.31. The number of hydrogen-bond acceptors (Lipinski definition) is 3. The molecule has 86 valence electrons. The minimum Gasteiger partial charge on any atom is -0.497 e. The Morgan fingerprint density at radius 2 is 2.38 bits per heavy atom. The van der Waals surface area contributed by atoms with Crippen LogP contribution in [0.15, 0.2) is 18.2 Å². The quantitative estimate of drug-likeness (QED) is 0.783. The Morgan fingerprint density at radius 1 is 1.62 bits per heavy atom. The van der Waals surface area contributed by atoms with Crippen molar-refractivity contribution in [2.24, 2.45) is 5.73 Å². The predicted octanol–water partition coefficient (Wildman–Crippen LogP) is 0.571. The van der Waals surface area contributed by atoms with Gasteiger partial charge >= 0.3 is 0 Å². The zero-order chi connectivity index (χ0) is 11.7. The van der Waals surface area contributed by atoms with Crippen LogP contribution in [0.25, 0.3) is 0 Å². The van der Waals surface area contributed by atoms with Gasteiger partial charge in [0.25, 0.3) is 0 Å². The normalized spacial score (nSPS) is 20.2. The van der Waals surface area contributed by atoms with Crippen molar-refractivity contribution < 1.29 is 14.6 Å². The summed E-state index contributed by atoms with van der Waals surface area (Å²) in [6, 6.07) is 5.69. The summed E-state index contributed by atoms with van der Waals surface area (Å²) in [5.74, 6) is -0.0277. The first-order valence-corrected chi connectivity index (χ1v) is 5.27. The molecule has 4 nitrogen and oxygen atoms in total. The molecule has 1 aliphatic carbocycles. The summed E-state index contributed by atoms with van der Waals surface area (Å²) < 4.78 is 5.13. The van der Waals surface area contributed by atoms with E-state index in [1.807, 2.05) is 18.2 Å². The number of aryl methyl sites for hydroxylation is 1. The molecule has 0 fully saturated rings. The second-order valence-corrected chi connectivity index (χ2v) is 4.06. The third-order valence-electron chi connectivity index (χ3n) is 3.15. The minimum absolute atomic E-state index is 0.168. The zero-order valence-corrected chi connectivity index (χ0v) is 9.14. The molecule has 1 aromatic carbocycles. The summed E-state index contributed by atoms with van der Waals surface area (Å²) in [6.45, 7) is 0. The van der Waals surface area contributed by atoms with E-state index in [-0.39, 0.29) is 5.92 Å². The molecule has 4 heteroatoms. The largest absolute Gasteiger partial charge is 0.497 e. The van der Waals surface area contributed by atoms with Gasteiger partial charge in [-0.2, -0.15) is 0 Å². The average Bonchev–Trinajstić information content (AvgIpc) is 2.70. The molecule has 0 aliphatic heterocycles. The van der Waals surface area contributed by atoms with E-state index in [0.717, 1.165) is 29.7 Å². The summed E-state index contributed by atoms with van der Waals surface area (Å²) in [5.41, 5.74) is 7.25. The highest BCUT2D eigenvalue weighted by atomic mass is 16.5. The number of methoxy groups -OCH3 is 1. The van der Waals surface area contributed by atoms with Gasteiger partial charge in [-0.1, -0.05) is 6.07 Å².